The number of nitrogens with zero attached hydrogens (tertiary/aromatic N) is 3. The zero-order valence-corrected chi connectivity index (χ0v) is 28.0. The third-order valence-electron chi connectivity index (χ3n) is 7.97. The van der Waals surface area contributed by atoms with Crippen molar-refractivity contribution in [1.82, 2.24) is 24.4 Å². The van der Waals surface area contributed by atoms with Crippen LogP contribution < -0.4 is 24.2 Å². The predicted molar refractivity (Wildman–Crippen MR) is 176 cm³/mol. The molecule has 0 aliphatic heterocycles. The van der Waals surface area contributed by atoms with E-state index in [9.17, 15) is 16.8 Å². The van der Waals surface area contributed by atoms with Gasteiger partial charge in [0, 0.05) is 35.0 Å². The van der Waals surface area contributed by atoms with Crippen molar-refractivity contribution in [2.75, 3.05) is 19.5 Å². The number of sulfonamides is 2. The van der Waals surface area contributed by atoms with Gasteiger partial charge < -0.3 is 14.8 Å². The predicted octanol–water partition coefficient (Wildman–Crippen LogP) is 5.24. The molecule has 2 saturated carbocycles. The van der Waals surface area contributed by atoms with Gasteiger partial charge in [-0.3, -0.25) is 4.98 Å². The number of anilines is 2. The molecule has 4 aromatic rings. The standard InChI is InChI=1S/C32H38N6O6S2/c1-32(2,3)38-45(39,40)24-14-21(19-7-6-8-19)13-23(16-24)35-29-25-12-9-20(26-17-34-31(44-5)36-30(26)43-4)15-27(25)33-18-28(29)46(41,42)37-22-10-11-22/h9,12-19,22,37-38H,6-8,10-11H2,1-5H3,(H,33,35). The lowest BCUT2D eigenvalue weighted by molar-refractivity contribution is 0.353. The molecule has 0 spiro atoms. The smallest absolute Gasteiger partial charge is 0.319 e. The Morgan fingerprint density at radius 3 is 2.26 bits per heavy atom. The van der Waals surface area contributed by atoms with E-state index in [1.165, 1.54) is 20.4 Å². The third-order valence-corrected chi connectivity index (χ3v) is 11.2. The molecule has 12 nitrogen and oxygen atoms in total. The van der Waals surface area contributed by atoms with E-state index in [0.29, 0.717) is 39.3 Å². The first-order valence-corrected chi connectivity index (χ1v) is 18.1. The molecule has 6 rings (SSSR count). The van der Waals surface area contributed by atoms with Crippen LogP contribution in [0.15, 0.2) is 58.6 Å². The number of methoxy groups -OCH3 is 2. The summed E-state index contributed by atoms with van der Waals surface area (Å²) in [4.78, 5) is 13.1. The average Bonchev–Trinajstić information content (AvgIpc) is 3.77. The number of rotatable bonds is 11. The Kier molecular flexibility index (Phi) is 8.42. The second-order valence-corrected chi connectivity index (χ2v) is 16.2. The van der Waals surface area contributed by atoms with Crippen molar-refractivity contribution in [2.45, 2.75) is 80.2 Å². The van der Waals surface area contributed by atoms with Crippen molar-refractivity contribution in [1.29, 1.82) is 0 Å². The molecule has 0 atom stereocenters. The normalized spacial score (nSPS) is 15.8. The van der Waals surface area contributed by atoms with Crippen LogP contribution >= 0.6 is 0 Å². The van der Waals surface area contributed by atoms with Crippen LogP contribution in [-0.4, -0.2) is 57.6 Å². The van der Waals surface area contributed by atoms with E-state index in [4.69, 9.17) is 9.47 Å². The SMILES string of the molecule is COc1ncc(-c2ccc3c(Nc4cc(C5CCC5)cc(S(=O)(=O)NC(C)(C)C)c4)c(S(=O)(=O)NC4CC4)cnc3c2)c(OC)n1. The zero-order valence-electron chi connectivity index (χ0n) is 26.4. The van der Waals surface area contributed by atoms with E-state index < -0.39 is 25.6 Å². The highest BCUT2D eigenvalue weighted by Crippen LogP contribution is 2.41. The number of pyridine rings is 1. The molecule has 2 aliphatic carbocycles. The van der Waals surface area contributed by atoms with Gasteiger partial charge in [-0.05, 0) is 87.8 Å². The second kappa shape index (κ2) is 12.1. The van der Waals surface area contributed by atoms with Gasteiger partial charge in [0.25, 0.3) is 0 Å². The molecule has 0 unspecified atom stereocenters. The zero-order chi connectivity index (χ0) is 32.9. The second-order valence-electron chi connectivity index (χ2n) is 12.8. The Morgan fingerprint density at radius 1 is 0.870 bits per heavy atom. The maximum Gasteiger partial charge on any atom is 0.319 e. The lowest BCUT2D eigenvalue weighted by Gasteiger charge is -2.28. The minimum absolute atomic E-state index is 0.0312. The van der Waals surface area contributed by atoms with E-state index in [1.54, 1.807) is 51.2 Å². The van der Waals surface area contributed by atoms with Crippen LogP contribution in [0.1, 0.15) is 64.4 Å². The summed E-state index contributed by atoms with van der Waals surface area (Å²) < 4.78 is 70.3. The van der Waals surface area contributed by atoms with Gasteiger partial charge in [0.15, 0.2) is 0 Å². The summed E-state index contributed by atoms with van der Waals surface area (Å²) in [6.07, 6.45) is 7.44. The summed E-state index contributed by atoms with van der Waals surface area (Å²) in [5.74, 6) is 0.534. The number of nitrogens with one attached hydrogen (secondary N) is 3. The molecular weight excluding hydrogens is 629 g/mol. The van der Waals surface area contributed by atoms with Crippen LogP contribution in [0.25, 0.3) is 22.0 Å². The molecule has 0 bridgehead atoms. The molecule has 2 aromatic heterocycles. The largest absolute Gasteiger partial charge is 0.480 e. The van der Waals surface area contributed by atoms with Crippen molar-refractivity contribution >= 4 is 42.3 Å². The number of ether oxygens (including phenoxy) is 2. The highest BCUT2D eigenvalue weighted by atomic mass is 32.2. The molecule has 46 heavy (non-hydrogen) atoms. The van der Waals surface area contributed by atoms with Gasteiger partial charge in [0.05, 0.1) is 35.9 Å². The minimum Gasteiger partial charge on any atom is -0.480 e. The molecule has 2 heterocycles. The van der Waals surface area contributed by atoms with E-state index in [2.05, 4.69) is 29.7 Å². The maximum atomic E-state index is 13.6. The minimum atomic E-state index is -3.96. The van der Waals surface area contributed by atoms with Crippen molar-refractivity contribution in [3.05, 3.63) is 54.4 Å². The number of hydrogen-bond donors (Lipinski definition) is 3. The van der Waals surface area contributed by atoms with Gasteiger partial charge in [0.2, 0.25) is 25.9 Å². The number of hydrogen-bond acceptors (Lipinski definition) is 10. The lowest BCUT2D eigenvalue weighted by Crippen LogP contribution is -2.40. The van der Waals surface area contributed by atoms with Crippen LogP contribution in [0, 0.1) is 0 Å². The van der Waals surface area contributed by atoms with Crippen LogP contribution in [0.4, 0.5) is 11.4 Å². The van der Waals surface area contributed by atoms with E-state index in [-0.39, 0.29) is 27.8 Å². The Hall–Kier alpha value is -3.85. The van der Waals surface area contributed by atoms with E-state index in [1.807, 2.05) is 12.1 Å². The van der Waals surface area contributed by atoms with Gasteiger partial charge in [-0.1, -0.05) is 18.6 Å². The van der Waals surface area contributed by atoms with Crippen LogP contribution in [-0.2, 0) is 20.0 Å². The van der Waals surface area contributed by atoms with Crippen molar-refractivity contribution < 1.29 is 26.3 Å². The molecule has 0 radical (unpaired) electrons. The fourth-order valence-electron chi connectivity index (χ4n) is 5.40. The van der Waals surface area contributed by atoms with Crippen molar-refractivity contribution in [2.24, 2.45) is 0 Å². The average molecular weight is 667 g/mol. The molecule has 0 saturated heterocycles. The van der Waals surface area contributed by atoms with Gasteiger partial charge in [-0.15, -0.1) is 0 Å². The fraction of sp³-hybridized carbons (Fsp3) is 0.406. The Morgan fingerprint density at radius 2 is 1.63 bits per heavy atom. The summed E-state index contributed by atoms with van der Waals surface area (Å²) in [5, 5.41) is 3.84. The van der Waals surface area contributed by atoms with E-state index >= 15 is 0 Å². The highest BCUT2D eigenvalue weighted by molar-refractivity contribution is 7.90. The van der Waals surface area contributed by atoms with Gasteiger partial charge in [-0.25, -0.2) is 31.3 Å². The number of fused-ring (bicyclic) bond motifs is 1. The third kappa shape index (κ3) is 6.80. The number of benzene rings is 2. The summed E-state index contributed by atoms with van der Waals surface area (Å²) in [6.45, 7) is 5.36. The maximum absolute atomic E-state index is 13.6. The quantitative estimate of drug-likeness (QED) is 0.193. The first-order valence-electron chi connectivity index (χ1n) is 15.1. The van der Waals surface area contributed by atoms with Gasteiger partial charge >= 0.3 is 6.01 Å². The molecule has 2 aromatic carbocycles. The Balaban J connectivity index is 1.49. The van der Waals surface area contributed by atoms with Crippen molar-refractivity contribution in [3.8, 4) is 23.0 Å². The molecule has 14 heteroatoms. The molecular formula is C32H38N6O6S2. The Labute approximate surface area is 269 Å². The monoisotopic (exact) mass is 666 g/mol. The highest BCUT2D eigenvalue weighted by Gasteiger charge is 2.31. The summed E-state index contributed by atoms with van der Waals surface area (Å²) in [5.41, 5.74) is 2.75. The Bertz CT molecular complexity index is 2020. The van der Waals surface area contributed by atoms with Gasteiger partial charge in [0.1, 0.15) is 4.90 Å². The van der Waals surface area contributed by atoms with Crippen LogP contribution in [0.3, 0.4) is 0 Å². The summed E-state index contributed by atoms with van der Waals surface area (Å²) >= 11 is 0. The van der Waals surface area contributed by atoms with E-state index in [0.717, 1.165) is 37.7 Å². The molecule has 244 valence electrons. The molecule has 2 fully saturated rings. The number of aromatic nitrogens is 3. The lowest BCUT2D eigenvalue weighted by atomic mass is 9.80. The molecule has 0 amide bonds. The first kappa shape index (κ1) is 32.1. The first-order chi connectivity index (χ1) is 21.8. The van der Waals surface area contributed by atoms with Crippen LogP contribution in [0.5, 0.6) is 11.9 Å². The molecule has 3 N–H and O–H groups in total. The topological polar surface area (TPSA) is 162 Å². The molecule has 2 aliphatic rings. The summed E-state index contributed by atoms with van der Waals surface area (Å²) in [7, 11) is -4.87. The fourth-order valence-corrected chi connectivity index (χ4v) is 8.32. The summed E-state index contributed by atoms with van der Waals surface area (Å²) in [6, 6.07) is 10.6. The van der Waals surface area contributed by atoms with Crippen LogP contribution in [0.2, 0.25) is 0 Å². The van der Waals surface area contributed by atoms with Crippen molar-refractivity contribution in [3.63, 3.8) is 0 Å². The van der Waals surface area contributed by atoms with Gasteiger partial charge in [-0.2, -0.15) is 4.98 Å².